The lowest BCUT2D eigenvalue weighted by molar-refractivity contribution is -0.153. The molecular weight excluding hydrogens is 671 g/mol. The van der Waals surface area contributed by atoms with Crippen molar-refractivity contribution in [1.29, 1.82) is 0 Å². The monoisotopic (exact) mass is 717 g/mol. The third-order valence-corrected chi connectivity index (χ3v) is 11.4. The minimum Gasteiger partial charge on any atom is -0.497 e. The second-order valence-corrected chi connectivity index (χ2v) is 15.0. The number of amides is 2. The Morgan fingerprint density at radius 3 is 2.69 bits per heavy atom. The number of carboxylic acid groups (broad SMARTS) is 1. The van der Waals surface area contributed by atoms with Crippen LogP contribution >= 0.6 is 11.3 Å². The molecule has 2 aromatic heterocycles. The summed E-state index contributed by atoms with van der Waals surface area (Å²) in [5.41, 5.74) is 0.588. The van der Waals surface area contributed by atoms with Crippen molar-refractivity contribution in [2.75, 3.05) is 25.5 Å². The summed E-state index contributed by atoms with van der Waals surface area (Å²) in [6.45, 7) is 2.91. The fraction of sp³-hybridized carbons (Fsp3) is 0.553. The molecule has 12 nitrogen and oxygen atoms in total. The molecule has 13 heteroatoms. The van der Waals surface area contributed by atoms with Gasteiger partial charge in [0.25, 0.3) is 5.91 Å². The Balaban J connectivity index is 1.21. The van der Waals surface area contributed by atoms with Crippen LogP contribution in [0.2, 0.25) is 0 Å². The van der Waals surface area contributed by atoms with Gasteiger partial charge >= 0.3 is 5.97 Å². The highest BCUT2D eigenvalue weighted by Crippen LogP contribution is 2.45. The number of methoxy groups -OCH3 is 1. The Morgan fingerprint density at radius 2 is 1.90 bits per heavy atom. The summed E-state index contributed by atoms with van der Waals surface area (Å²) in [4.78, 5) is 52.3. The van der Waals surface area contributed by atoms with Gasteiger partial charge in [0.15, 0.2) is 5.13 Å². The van der Waals surface area contributed by atoms with E-state index in [9.17, 15) is 19.5 Å². The second kappa shape index (κ2) is 15.2. The number of carbonyl (C=O) groups excluding carboxylic acids is 2. The van der Waals surface area contributed by atoms with Gasteiger partial charge in [-0.3, -0.25) is 9.59 Å². The molecule has 3 aromatic rings. The fourth-order valence-electron chi connectivity index (χ4n) is 7.70. The van der Waals surface area contributed by atoms with Gasteiger partial charge in [-0.15, -0.1) is 11.3 Å². The summed E-state index contributed by atoms with van der Waals surface area (Å²) in [7, 11) is 1.60. The number of carbonyl (C=O) groups is 3. The maximum absolute atomic E-state index is 14.5. The van der Waals surface area contributed by atoms with Gasteiger partial charge in [-0.2, -0.15) is 0 Å². The van der Waals surface area contributed by atoms with Crippen molar-refractivity contribution in [1.82, 2.24) is 20.2 Å². The number of benzene rings is 1. The normalized spacial score (nSPS) is 27.9. The van der Waals surface area contributed by atoms with Crippen molar-refractivity contribution in [2.24, 2.45) is 5.92 Å². The van der Waals surface area contributed by atoms with Crippen LogP contribution in [0, 0.1) is 5.92 Å². The van der Waals surface area contributed by atoms with Gasteiger partial charge in [-0.1, -0.05) is 37.8 Å². The summed E-state index contributed by atoms with van der Waals surface area (Å²) in [6, 6.07) is 6.51. The minimum absolute atomic E-state index is 0.0192. The molecule has 51 heavy (non-hydrogen) atoms. The maximum atomic E-state index is 14.5. The molecule has 2 aliphatic heterocycles. The van der Waals surface area contributed by atoms with Gasteiger partial charge in [0, 0.05) is 41.8 Å². The molecule has 2 amide bonds. The quantitative estimate of drug-likeness (QED) is 0.226. The van der Waals surface area contributed by atoms with Gasteiger partial charge < -0.3 is 34.9 Å². The first-order chi connectivity index (χ1) is 24.8. The third-order valence-electron chi connectivity index (χ3n) is 10.6. The lowest BCUT2D eigenvalue weighted by atomic mass is 10.1. The zero-order valence-electron chi connectivity index (χ0n) is 29.3. The number of anilines is 1. The summed E-state index contributed by atoms with van der Waals surface area (Å²) < 4.78 is 18.7. The summed E-state index contributed by atoms with van der Waals surface area (Å²) in [5.74, 6) is -0.881. The van der Waals surface area contributed by atoms with E-state index in [1.165, 1.54) is 11.3 Å². The molecule has 3 N–H and O–H groups in total. The van der Waals surface area contributed by atoms with E-state index < -0.39 is 35.7 Å². The first-order valence-corrected chi connectivity index (χ1v) is 19.2. The summed E-state index contributed by atoms with van der Waals surface area (Å²) in [6.07, 6.45) is 11.3. The van der Waals surface area contributed by atoms with Crippen LogP contribution in [-0.4, -0.2) is 87.9 Å². The van der Waals surface area contributed by atoms with Crippen molar-refractivity contribution in [3.8, 4) is 22.9 Å². The number of aromatic nitrogens is 2. The minimum atomic E-state index is -1.38. The standard InChI is InChI=1S/C38H47N5O7S/c1-3-39-37-41-30(22-51-37)29-19-33(27-16-15-25(48-2)17-28(27)40-29)50-26-18-31-34(44)42-38(36(46)47)20-23(38)11-7-5-4-6-8-14-32(35(45)43(31)21-26)49-24-12-9-10-13-24/h7,11,15-17,19,22-24,26,31-32H,3-6,8-10,12-14,18,20-21H2,1-2H3,(H,39,41)(H,42,44)(H,46,47)/b11-7+. The SMILES string of the molecule is CCNc1nc(-c2cc(OC3CC4C(=O)NC5(C(=O)O)CC5/C=C/CCCCCC(OC5CCCC5)C(=O)N4C3)c3ccc(OC)cc3n2)cs1. The van der Waals surface area contributed by atoms with Crippen LogP contribution in [0.15, 0.2) is 41.8 Å². The molecular formula is C38H47N5O7S. The lowest BCUT2D eigenvalue weighted by Crippen LogP contribution is -2.54. The Bertz CT molecular complexity index is 1790. The second-order valence-electron chi connectivity index (χ2n) is 14.1. The number of carboxylic acids is 1. The fourth-order valence-corrected chi connectivity index (χ4v) is 8.47. The Labute approximate surface area is 302 Å². The number of ether oxygens (including phenoxy) is 3. The van der Waals surface area contributed by atoms with Crippen LogP contribution < -0.4 is 20.1 Å². The van der Waals surface area contributed by atoms with Gasteiger partial charge in [-0.25, -0.2) is 14.8 Å². The number of fused-ring (bicyclic) bond motifs is 3. The molecule has 1 saturated heterocycles. The van der Waals surface area contributed by atoms with E-state index in [4.69, 9.17) is 24.2 Å². The zero-order chi connectivity index (χ0) is 35.5. The van der Waals surface area contributed by atoms with E-state index in [2.05, 4.69) is 10.6 Å². The molecule has 4 heterocycles. The molecule has 2 aliphatic carbocycles. The van der Waals surface area contributed by atoms with Gasteiger partial charge in [0.1, 0.15) is 41.0 Å². The van der Waals surface area contributed by atoms with Crippen molar-refractivity contribution >= 4 is 45.2 Å². The molecule has 1 aromatic carbocycles. The predicted molar refractivity (Wildman–Crippen MR) is 194 cm³/mol. The number of hydrogen-bond donors (Lipinski definition) is 3. The molecule has 7 rings (SSSR count). The van der Waals surface area contributed by atoms with E-state index in [0.29, 0.717) is 41.2 Å². The van der Waals surface area contributed by atoms with Crippen LogP contribution in [-0.2, 0) is 19.1 Å². The number of nitrogens with one attached hydrogen (secondary N) is 2. The topological polar surface area (TPSA) is 152 Å². The van der Waals surface area contributed by atoms with E-state index in [1.54, 1.807) is 12.0 Å². The highest BCUT2D eigenvalue weighted by atomic mass is 32.1. The largest absolute Gasteiger partial charge is 0.497 e. The Hall–Kier alpha value is -4.23. The Kier molecular flexibility index (Phi) is 10.5. The molecule has 0 radical (unpaired) electrons. The van der Waals surface area contributed by atoms with E-state index in [1.807, 2.05) is 48.7 Å². The summed E-state index contributed by atoms with van der Waals surface area (Å²) >= 11 is 1.49. The number of hydrogen-bond acceptors (Lipinski definition) is 10. The molecule has 272 valence electrons. The number of nitrogens with zero attached hydrogens (tertiary/aromatic N) is 3. The average Bonchev–Trinajstić information content (AvgIpc) is 3.57. The Morgan fingerprint density at radius 1 is 1.08 bits per heavy atom. The van der Waals surface area contributed by atoms with Crippen molar-refractivity contribution in [3.05, 3.63) is 41.8 Å². The van der Waals surface area contributed by atoms with Gasteiger partial charge in [0.05, 0.1) is 31.0 Å². The highest BCUT2D eigenvalue weighted by Gasteiger charge is 2.61. The molecule has 0 spiro atoms. The molecule has 2 saturated carbocycles. The first-order valence-electron chi connectivity index (χ1n) is 18.3. The van der Waals surface area contributed by atoms with Crippen molar-refractivity contribution in [2.45, 2.75) is 107 Å². The molecule has 5 unspecified atom stereocenters. The highest BCUT2D eigenvalue weighted by molar-refractivity contribution is 7.14. The van der Waals surface area contributed by atoms with Crippen LogP contribution in [0.25, 0.3) is 22.3 Å². The third kappa shape index (κ3) is 7.55. The van der Waals surface area contributed by atoms with Crippen LogP contribution in [0.3, 0.4) is 0 Å². The van der Waals surface area contributed by atoms with Gasteiger partial charge in [0.2, 0.25) is 5.91 Å². The number of aliphatic carboxylic acids is 1. The first kappa shape index (κ1) is 35.2. The maximum Gasteiger partial charge on any atom is 0.330 e. The smallest absolute Gasteiger partial charge is 0.330 e. The predicted octanol–water partition coefficient (Wildman–Crippen LogP) is 5.95. The van der Waals surface area contributed by atoms with E-state index in [0.717, 1.165) is 68.4 Å². The number of rotatable bonds is 9. The molecule has 0 bridgehead atoms. The van der Waals surface area contributed by atoms with Crippen molar-refractivity contribution in [3.63, 3.8) is 0 Å². The van der Waals surface area contributed by atoms with Crippen LogP contribution in [0.4, 0.5) is 5.13 Å². The van der Waals surface area contributed by atoms with Gasteiger partial charge in [-0.05, 0) is 57.6 Å². The summed E-state index contributed by atoms with van der Waals surface area (Å²) in [5, 5.41) is 19.8. The molecule has 5 atom stereocenters. The van der Waals surface area contributed by atoms with Crippen LogP contribution in [0.1, 0.15) is 77.6 Å². The lowest BCUT2D eigenvalue weighted by Gasteiger charge is -2.30. The molecule has 4 aliphatic rings. The van der Waals surface area contributed by atoms with E-state index >= 15 is 0 Å². The number of pyridine rings is 1. The van der Waals surface area contributed by atoms with Crippen LogP contribution in [0.5, 0.6) is 11.5 Å². The van der Waals surface area contributed by atoms with Crippen molar-refractivity contribution < 1.29 is 33.7 Å². The molecule has 3 fully saturated rings. The number of thiazole rings is 1. The van der Waals surface area contributed by atoms with E-state index in [-0.39, 0.29) is 30.9 Å². The number of allylic oxidation sites excluding steroid dienone is 1. The zero-order valence-corrected chi connectivity index (χ0v) is 30.1. The average molecular weight is 718 g/mol.